The first kappa shape index (κ1) is 36.9. The summed E-state index contributed by atoms with van der Waals surface area (Å²) in [5, 5.41) is 11.1. The molecule has 1 N–H and O–H groups in total. The van der Waals surface area contributed by atoms with Gasteiger partial charge in [0.1, 0.15) is 5.01 Å². The summed E-state index contributed by atoms with van der Waals surface area (Å²) >= 11 is 1.15. The van der Waals surface area contributed by atoms with Crippen molar-refractivity contribution in [3.05, 3.63) is 59.7 Å². The molecule has 3 aliphatic heterocycles. The number of ether oxygens (including phenoxy) is 3. The number of methoxy groups -OCH3 is 1. The first-order chi connectivity index (χ1) is 25.7. The maximum Gasteiger partial charge on any atom is 0.416 e. The van der Waals surface area contributed by atoms with Gasteiger partial charge in [-0.05, 0) is 94.1 Å². The number of phenols is 1. The molecule has 0 bridgehead atoms. The number of rotatable bonds is 14. The van der Waals surface area contributed by atoms with Crippen LogP contribution in [0.2, 0.25) is 0 Å². The second-order valence-electron chi connectivity index (χ2n) is 13.7. The molecule has 3 aromatic carbocycles. The van der Waals surface area contributed by atoms with E-state index >= 15 is 0 Å². The van der Waals surface area contributed by atoms with E-state index in [4.69, 9.17) is 14.2 Å². The van der Waals surface area contributed by atoms with E-state index in [1.54, 1.807) is 31.4 Å². The van der Waals surface area contributed by atoms with Crippen LogP contribution in [-0.2, 0) is 6.18 Å². The molecule has 53 heavy (non-hydrogen) atoms. The molecule has 10 nitrogen and oxygen atoms in total. The summed E-state index contributed by atoms with van der Waals surface area (Å²) in [6, 6.07) is 12.1. The summed E-state index contributed by atoms with van der Waals surface area (Å²) in [7, 11) is 1.59. The first-order valence-electron chi connectivity index (χ1n) is 18.2. The predicted molar refractivity (Wildman–Crippen MR) is 199 cm³/mol. The molecule has 0 spiro atoms. The number of halogens is 3. The standard InChI is InChI=1S/C39H44F3N5O5S/c1-50-34-23-29-31(43-25-28-7-6-14-47(28)38(29)49)24-35(34)52-20-5-3-13-46-17-15-45(16-18-46)12-2-4-19-51-33-11-8-26(21-32(33)48)37-44-30-10-9-27(39(40,41)42)22-36(30)53-37/h8-11,21-25,28,48H,2-7,12-20H2,1H3/t28-/m0/s1. The third-order valence-electron chi connectivity index (χ3n) is 10.1. The van der Waals surface area contributed by atoms with E-state index in [1.165, 1.54) is 6.07 Å². The molecule has 3 aliphatic rings. The maximum atomic E-state index is 13.1. The van der Waals surface area contributed by atoms with Crippen LogP contribution in [0.4, 0.5) is 18.9 Å². The Kier molecular flexibility index (Phi) is 11.4. The molecule has 14 heteroatoms. The number of aliphatic imine (C=N–C) groups is 1. The zero-order chi connectivity index (χ0) is 37.0. The Morgan fingerprint density at radius 3 is 2.26 bits per heavy atom. The van der Waals surface area contributed by atoms with Gasteiger partial charge in [-0.25, -0.2) is 4.98 Å². The van der Waals surface area contributed by atoms with Crippen LogP contribution in [0.3, 0.4) is 0 Å². The molecule has 1 atom stereocenters. The number of benzene rings is 3. The molecule has 1 amide bonds. The fraction of sp³-hybridized carbons (Fsp3) is 0.462. The maximum absolute atomic E-state index is 13.1. The number of aromatic hydroxyl groups is 1. The Hall–Kier alpha value is -4.40. The fourth-order valence-corrected chi connectivity index (χ4v) is 8.09. The number of aromatic nitrogens is 1. The first-order valence-corrected chi connectivity index (χ1v) is 19.1. The quantitative estimate of drug-likeness (QED) is 0.131. The van der Waals surface area contributed by atoms with Gasteiger partial charge in [0.2, 0.25) is 0 Å². The lowest BCUT2D eigenvalue weighted by atomic mass is 10.1. The van der Waals surface area contributed by atoms with E-state index < -0.39 is 11.7 Å². The summed E-state index contributed by atoms with van der Waals surface area (Å²) in [6.07, 6.45) is 3.17. The molecule has 2 saturated heterocycles. The second-order valence-corrected chi connectivity index (χ2v) is 14.7. The van der Waals surface area contributed by atoms with Crippen LogP contribution >= 0.6 is 11.3 Å². The largest absolute Gasteiger partial charge is 0.504 e. The average Bonchev–Trinajstić information content (AvgIpc) is 3.79. The Bertz CT molecular complexity index is 1940. The van der Waals surface area contributed by atoms with Gasteiger partial charge >= 0.3 is 6.18 Å². The van der Waals surface area contributed by atoms with Gasteiger partial charge in [-0.3, -0.25) is 9.79 Å². The molecule has 4 heterocycles. The highest BCUT2D eigenvalue weighted by molar-refractivity contribution is 7.21. The van der Waals surface area contributed by atoms with Crippen LogP contribution in [0.25, 0.3) is 20.8 Å². The number of amides is 1. The molecular weight excluding hydrogens is 708 g/mol. The van der Waals surface area contributed by atoms with Gasteiger partial charge in [-0.15, -0.1) is 11.3 Å². The molecule has 2 fully saturated rings. The Morgan fingerprint density at radius 1 is 0.868 bits per heavy atom. The van der Waals surface area contributed by atoms with E-state index in [0.29, 0.717) is 62.5 Å². The normalized spacial score (nSPS) is 17.9. The number of alkyl halides is 3. The number of carbonyl (C=O) groups is 1. The highest BCUT2D eigenvalue weighted by Gasteiger charge is 2.33. The van der Waals surface area contributed by atoms with Gasteiger partial charge in [0.05, 0.1) is 53.4 Å². The highest BCUT2D eigenvalue weighted by atomic mass is 32.1. The Labute approximate surface area is 310 Å². The number of nitrogens with zero attached hydrogens (tertiary/aromatic N) is 5. The summed E-state index contributed by atoms with van der Waals surface area (Å²) in [4.78, 5) is 29.0. The minimum atomic E-state index is -4.41. The van der Waals surface area contributed by atoms with E-state index in [2.05, 4.69) is 19.8 Å². The zero-order valence-electron chi connectivity index (χ0n) is 29.7. The molecule has 0 radical (unpaired) electrons. The van der Waals surface area contributed by atoms with Crippen molar-refractivity contribution in [3.63, 3.8) is 0 Å². The van der Waals surface area contributed by atoms with E-state index in [0.717, 1.165) is 108 Å². The molecule has 282 valence electrons. The van der Waals surface area contributed by atoms with Crippen molar-refractivity contribution in [2.24, 2.45) is 4.99 Å². The van der Waals surface area contributed by atoms with Crippen LogP contribution < -0.4 is 14.2 Å². The average molecular weight is 752 g/mol. The number of hydrogen-bond donors (Lipinski definition) is 1. The van der Waals surface area contributed by atoms with Crippen LogP contribution in [0.1, 0.15) is 54.4 Å². The minimum absolute atomic E-state index is 0.00236. The van der Waals surface area contributed by atoms with Gasteiger partial charge in [0.15, 0.2) is 23.0 Å². The monoisotopic (exact) mass is 751 g/mol. The topological polar surface area (TPSA) is 100.0 Å². The second kappa shape index (κ2) is 16.3. The van der Waals surface area contributed by atoms with Crippen LogP contribution in [-0.4, -0.2) is 109 Å². The van der Waals surface area contributed by atoms with Gasteiger partial charge in [-0.2, -0.15) is 13.2 Å². The number of piperazine rings is 1. The number of unbranched alkanes of at least 4 members (excludes halogenated alkanes) is 2. The summed E-state index contributed by atoms with van der Waals surface area (Å²) in [5.41, 5.74) is 1.59. The van der Waals surface area contributed by atoms with Crippen molar-refractivity contribution in [2.75, 3.05) is 66.1 Å². The third-order valence-corrected chi connectivity index (χ3v) is 11.2. The van der Waals surface area contributed by atoms with Crippen molar-refractivity contribution in [1.29, 1.82) is 0 Å². The molecule has 0 saturated carbocycles. The number of thiazole rings is 1. The van der Waals surface area contributed by atoms with Gasteiger partial charge in [0, 0.05) is 50.6 Å². The van der Waals surface area contributed by atoms with Gasteiger partial charge in [-0.1, -0.05) is 0 Å². The van der Waals surface area contributed by atoms with Crippen molar-refractivity contribution in [1.82, 2.24) is 19.7 Å². The number of hydrogen-bond acceptors (Lipinski definition) is 10. The molecule has 7 rings (SSSR count). The summed E-state index contributed by atoms with van der Waals surface area (Å²) < 4.78 is 57.2. The van der Waals surface area contributed by atoms with E-state index in [9.17, 15) is 23.1 Å². The van der Waals surface area contributed by atoms with Crippen molar-refractivity contribution in [3.8, 4) is 33.6 Å². The van der Waals surface area contributed by atoms with Crippen molar-refractivity contribution >= 4 is 39.4 Å². The van der Waals surface area contributed by atoms with Gasteiger partial charge < -0.3 is 34.0 Å². The summed E-state index contributed by atoms with van der Waals surface area (Å²) in [6.45, 7) is 7.88. The molecule has 0 unspecified atom stereocenters. The third kappa shape index (κ3) is 8.71. The zero-order valence-corrected chi connectivity index (χ0v) is 30.6. The molecule has 0 aliphatic carbocycles. The van der Waals surface area contributed by atoms with Crippen molar-refractivity contribution < 1.29 is 37.3 Å². The SMILES string of the molecule is COc1cc2c(cc1OCCCCN1CCN(CCCCOc3ccc(-c4nc5ccc(C(F)(F)F)cc5s4)cc3O)CC1)N=C[C@@H]1CCCN1C2=O. The summed E-state index contributed by atoms with van der Waals surface area (Å²) in [5.74, 6) is 1.52. The molecular formula is C39H44F3N5O5S. The van der Waals surface area contributed by atoms with Crippen LogP contribution in [0, 0.1) is 0 Å². The number of fused-ring (bicyclic) bond motifs is 3. The fourth-order valence-electron chi connectivity index (χ4n) is 7.09. The Balaban J connectivity index is 0.777. The number of carbonyl (C=O) groups excluding carboxylic acids is 1. The lowest BCUT2D eigenvalue weighted by molar-refractivity contribution is -0.137. The Morgan fingerprint density at radius 2 is 1.58 bits per heavy atom. The van der Waals surface area contributed by atoms with Crippen LogP contribution in [0.5, 0.6) is 23.0 Å². The smallest absolute Gasteiger partial charge is 0.416 e. The van der Waals surface area contributed by atoms with Crippen molar-refractivity contribution in [2.45, 2.75) is 50.7 Å². The predicted octanol–water partition coefficient (Wildman–Crippen LogP) is 7.65. The lowest BCUT2D eigenvalue weighted by Gasteiger charge is -2.34. The highest BCUT2D eigenvalue weighted by Crippen LogP contribution is 2.39. The van der Waals surface area contributed by atoms with E-state index in [-0.39, 0.29) is 17.7 Å². The van der Waals surface area contributed by atoms with Crippen LogP contribution in [0.15, 0.2) is 53.5 Å². The molecule has 4 aromatic rings. The molecule has 1 aromatic heterocycles. The number of phenolic OH excluding ortho intramolecular Hbond substituents is 1. The minimum Gasteiger partial charge on any atom is -0.504 e. The van der Waals surface area contributed by atoms with Gasteiger partial charge in [0.25, 0.3) is 5.91 Å². The van der Waals surface area contributed by atoms with E-state index in [1.807, 2.05) is 17.2 Å². The lowest BCUT2D eigenvalue weighted by Crippen LogP contribution is -2.46.